The zero-order valence-electron chi connectivity index (χ0n) is 9.26. The molecule has 1 amide bonds. The quantitative estimate of drug-likeness (QED) is 0.644. The van der Waals surface area contributed by atoms with Gasteiger partial charge in [-0.2, -0.15) is 0 Å². The van der Waals surface area contributed by atoms with Crippen LogP contribution in [0.3, 0.4) is 0 Å². The number of hydrogen-bond donors (Lipinski definition) is 0. The van der Waals surface area contributed by atoms with Crippen LogP contribution < -0.4 is 0 Å². The van der Waals surface area contributed by atoms with Crippen LogP contribution in [-0.2, 0) is 4.79 Å². The van der Waals surface area contributed by atoms with Crippen molar-refractivity contribution >= 4 is 5.91 Å². The summed E-state index contributed by atoms with van der Waals surface area (Å²) in [7, 11) is 0. The Balaban J connectivity index is 2.57. The molecular formula is C11H21NO. The normalized spacial score (nSPS) is 24.2. The van der Waals surface area contributed by atoms with Crippen LogP contribution in [-0.4, -0.2) is 22.9 Å². The minimum absolute atomic E-state index is 0.0135. The molecule has 0 aromatic rings. The standard InChI is InChI=1S/C11H21NO/c1-5-6-9-7-10(13)12(8-9)11(2,3)4/h9H,5-8H2,1-4H3. The molecule has 2 nitrogen and oxygen atoms in total. The van der Waals surface area contributed by atoms with Gasteiger partial charge in [0.15, 0.2) is 0 Å². The summed E-state index contributed by atoms with van der Waals surface area (Å²) < 4.78 is 0. The Kier molecular flexibility index (Phi) is 2.99. The van der Waals surface area contributed by atoms with E-state index in [0.717, 1.165) is 13.0 Å². The first kappa shape index (κ1) is 10.6. The molecule has 76 valence electrons. The number of likely N-dealkylation sites (tertiary alicyclic amines) is 1. The van der Waals surface area contributed by atoms with Crippen molar-refractivity contribution in [1.82, 2.24) is 4.90 Å². The maximum atomic E-state index is 11.6. The molecule has 1 aliphatic heterocycles. The minimum atomic E-state index is 0.0135. The van der Waals surface area contributed by atoms with Gasteiger partial charge in [-0.1, -0.05) is 13.3 Å². The fourth-order valence-electron chi connectivity index (χ4n) is 2.03. The number of hydrogen-bond acceptors (Lipinski definition) is 1. The van der Waals surface area contributed by atoms with Gasteiger partial charge in [0.1, 0.15) is 0 Å². The largest absolute Gasteiger partial charge is 0.338 e. The van der Waals surface area contributed by atoms with Crippen molar-refractivity contribution in [2.45, 2.75) is 52.5 Å². The van der Waals surface area contributed by atoms with Gasteiger partial charge in [0.05, 0.1) is 0 Å². The van der Waals surface area contributed by atoms with E-state index in [4.69, 9.17) is 0 Å². The number of nitrogens with zero attached hydrogens (tertiary/aromatic N) is 1. The summed E-state index contributed by atoms with van der Waals surface area (Å²) in [6.07, 6.45) is 3.15. The van der Waals surface area contributed by atoms with Crippen LogP contribution in [0.5, 0.6) is 0 Å². The smallest absolute Gasteiger partial charge is 0.223 e. The topological polar surface area (TPSA) is 20.3 Å². The van der Waals surface area contributed by atoms with E-state index in [1.807, 2.05) is 4.90 Å². The fraction of sp³-hybridized carbons (Fsp3) is 0.909. The maximum absolute atomic E-state index is 11.6. The highest BCUT2D eigenvalue weighted by atomic mass is 16.2. The monoisotopic (exact) mass is 183 g/mol. The van der Waals surface area contributed by atoms with Gasteiger partial charge in [0.2, 0.25) is 5.91 Å². The Labute approximate surface area is 81.3 Å². The molecule has 0 saturated carbocycles. The molecule has 13 heavy (non-hydrogen) atoms. The van der Waals surface area contributed by atoms with Gasteiger partial charge in [-0.05, 0) is 33.1 Å². The Morgan fingerprint density at radius 3 is 2.46 bits per heavy atom. The molecule has 0 radical (unpaired) electrons. The van der Waals surface area contributed by atoms with E-state index in [9.17, 15) is 4.79 Å². The predicted molar refractivity (Wildman–Crippen MR) is 54.5 cm³/mol. The second-order valence-electron chi connectivity index (χ2n) is 5.03. The summed E-state index contributed by atoms with van der Waals surface area (Å²) in [6, 6.07) is 0. The highest BCUT2D eigenvalue weighted by molar-refractivity contribution is 5.79. The first-order valence-corrected chi connectivity index (χ1v) is 5.25. The second-order valence-corrected chi connectivity index (χ2v) is 5.03. The van der Waals surface area contributed by atoms with Crippen LogP contribution in [0.1, 0.15) is 47.0 Å². The molecule has 0 bridgehead atoms. The van der Waals surface area contributed by atoms with Crippen LogP contribution in [0.25, 0.3) is 0 Å². The third kappa shape index (κ3) is 2.45. The van der Waals surface area contributed by atoms with Gasteiger partial charge >= 0.3 is 0 Å². The van der Waals surface area contributed by atoms with E-state index in [0.29, 0.717) is 11.8 Å². The van der Waals surface area contributed by atoms with Crippen LogP contribution in [0, 0.1) is 5.92 Å². The van der Waals surface area contributed by atoms with E-state index in [1.54, 1.807) is 0 Å². The molecule has 0 aromatic heterocycles. The molecule has 0 spiro atoms. The summed E-state index contributed by atoms with van der Waals surface area (Å²) in [5.74, 6) is 0.947. The summed E-state index contributed by atoms with van der Waals surface area (Å²) in [6.45, 7) is 9.48. The van der Waals surface area contributed by atoms with E-state index < -0.39 is 0 Å². The average Bonchev–Trinajstić information content (AvgIpc) is 2.30. The number of rotatable bonds is 2. The van der Waals surface area contributed by atoms with E-state index >= 15 is 0 Å². The Hall–Kier alpha value is -0.530. The molecule has 1 atom stereocenters. The minimum Gasteiger partial charge on any atom is -0.338 e. The fourth-order valence-corrected chi connectivity index (χ4v) is 2.03. The lowest BCUT2D eigenvalue weighted by Gasteiger charge is -2.32. The molecule has 1 heterocycles. The average molecular weight is 183 g/mol. The molecule has 0 aromatic carbocycles. The lowest BCUT2D eigenvalue weighted by atomic mass is 10.0. The zero-order valence-corrected chi connectivity index (χ0v) is 9.26. The first-order chi connectivity index (χ1) is 5.95. The van der Waals surface area contributed by atoms with Crippen LogP contribution in [0.2, 0.25) is 0 Å². The zero-order chi connectivity index (χ0) is 10.1. The van der Waals surface area contributed by atoms with Crippen LogP contribution in [0.15, 0.2) is 0 Å². The van der Waals surface area contributed by atoms with Gasteiger partial charge in [-0.15, -0.1) is 0 Å². The van der Waals surface area contributed by atoms with Crippen LogP contribution >= 0.6 is 0 Å². The van der Waals surface area contributed by atoms with Crippen molar-refractivity contribution in [1.29, 1.82) is 0 Å². The Morgan fingerprint density at radius 1 is 1.46 bits per heavy atom. The third-order valence-corrected chi connectivity index (χ3v) is 2.71. The molecule has 1 saturated heterocycles. The van der Waals surface area contributed by atoms with E-state index in [2.05, 4.69) is 27.7 Å². The summed E-state index contributed by atoms with van der Waals surface area (Å²) in [4.78, 5) is 13.7. The van der Waals surface area contributed by atoms with Crippen molar-refractivity contribution in [3.63, 3.8) is 0 Å². The third-order valence-electron chi connectivity index (χ3n) is 2.71. The van der Waals surface area contributed by atoms with E-state index in [-0.39, 0.29) is 5.54 Å². The van der Waals surface area contributed by atoms with Crippen molar-refractivity contribution in [2.75, 3.05) is 6.54 Å². The van der Waals surface area contributed by atoms with Gasteiger partial charge in [0, 0.05) is 18.5 Å². The Bertz CT molecular complexity index is 193. The van der Waals surface area contributed by atoms with Crippen molar-refractivity contribution in [3.05, 3.63) is 0 Å². The summed E-state index contributed by atoms with van der Waals surface area (Å²) in [5.41, 5.74) is 0.0135. The van der Waals surface area contributed by atoms with Gasteiger partial charge in [-0.25, -0.2) is 0 Å². The number of carbonyl (C=O) groups is 1. The number of amides is 1. The Morgan fingerprint density at radius 2 is 2.08 bits per heavy atom. The second kappa shape index (κ2) is 3.69. The number of carbonyl (C=O) groups excluding carboxylic acids is 1. The lowest BCUT2D eigenvalue weighted by Crippen LogP contribution is -2.42. The maximum Gasteiger partial charge on any atom is 0.223 e. The van der Waals surface area contributed by atoms with Crippen LogP contribution in [0.4, 0.5) is 0 Å². The summed E-state index contributed by atoms with van der Waals surface area (Å²) in [5, 5.41) is 0. The molecule has 1 fully saturated rings. The molecule has 0 N–H and O–H groups in total. The molecule has 1 unspecified atom stereocenters. The molecule has 0 aliphatic carbocycles. The molecule has 2 heteroatoms. The van der Waals surface area contributed by atoms with Crippen molar-refractivity contribution in [2.24, 2.45) is 5.92 Å². The lowest BCUT2D eigenvalue weighted by molar-refractivity contribution is -0.131. The summed E-state index contributed by atoms with van der Waals surface area (Å²) >= 11 is 0. The van der Waals surface area contributed by atoms with Gasteiger partial charge in [0.25, 0.3) is 0 Å². The van der Waals surface area contributed by atoms with Crippen molar-refractivity contribution in [3.8, 4) is 0 Å². The predicted octanol–water partition coefficient (Wildman–Crippen LogP) is 2.43. The SMILES string of the molecule is CCCC1CC(=O)N(C(C)(C)C)C1. The molecular weight excluding hydrogens is 162 g/mol. The highest BCUT2D eigenvalue weighted by Crippen LogP contribution is 2.27. The van der Waals surface area contributed by atoms with Crippen molar-refractivity contribution < 1.29 is 4.79 Å². The first-order valence-electron chi connectivity index (χ1n) is 5.25. The molecule has 1 aliphatic rings. The van der Waals surface area contributed by atoms with Gasteiger partial charge in [-0.3, -0.25) is 4.79 Å². The van der Waals surface area contributed by atoms with Gasteiger partial charge < -0.3 is 4.90 Å². The van der Waals surface area contributed by atoms with E-state index in [1.165, 1.54) is 12.8 Å². The molecule has 1 rings (SSSR count). The highest BCUT2D eigenvalue weighted by Gasteiger charge is 2.35.